The molecule has 180 valence electrons. The molecule has 13 heteroatoms. The van der Waals surface area contributed by atoms with Crippen molar-refractivity contribution >= 4 is 21.2 Å². The van der Waals surface area contributed by atoms with Crippen molar-refractivity contribution in [3.8, 4) is 17.7 Å². The van der Waals surface area contributed by atoms with Gasteiger partial charge >= 0.3 is 6.43 Å². The maximum atomic E-state index is 13.3. The van der Waals surface area contributed by atoms with Crippen molar-refractivity contribution in [3.63, 3.8) is 0 Å². The van der Waals surface area contributed by atoms with Gasteiger partial charge in [0, 0.05) is 31.4 Å². The minimum Gasteiger partial charge on any atom is -0.414 e. The number of hydrogen-bond acceptors (Lipinski definition) is 8. The molecule has 2 aliphatic rings. The lowest BCUT2D eigenvalue weighted by Gasteiger charge is -2.38. The molecule has 2 atom stereocenters. The predicted octanol–water partition coefficient (Wildman–Crippen LogP) is 2.45. The van der Waals surface area contributed by atoms with Gasteiger partial charge in [0.25, 0.3) is 11.8 Å². The zero-order chi connectivity index (χ0) is 24.3. The molecule has 0 amide bonds. The summed E-state index contributed by atoms with van der Waals surface area (Å²) in [5.74, 6) is -0.966. The van der Waals surface area contributed by atoms with Crippen LogP contribution < -0.4 is 14.9 Å². The first-order valence-corrected chi connectivity index (χ1v) is 12.3. The smallest absolute Gasteiger partial charge is 0.314 e. The van der Waals surface area contributed by atoms with Crippen LogP contribution >= 0.6 is 0 Å². The topological polar surface area (TPSA) is 129 Å². The molecule has 0 spiro atoms. The standard InChI is InChI=1S/C21H23F2N7O3S/c1-12-8-29(9-13(2)25-12)17-7-14(34(31,32)28-21(11-24)5-6-21)10-30-15(17)3-4-16(30)19-26-27-20(33-19)18(22)23/h3-4,7,10,12-13,18,25,28H,5-6,8-9H2,1-2H3/t12-,13-/m0/s1. The van der Waals surface area contributed by atoms with E-state index in [4.69, 9.17) is 4.42 Å². The van der Waals surface area contributed by atoms with Crippen molar-refractivity contribution in [1.82, 2.24) is 24.6 Å². The number of alkyl halides is 2. The number of sulfonamides is 1. The molecule has 1 aliphatic carbocycles. The van der Waals surface area contributed by atoms with Crippen LogP contribution in [0.3, 0.4) is 0 Å². The number of nitriles is 1. The Morgan fingerprint density at radius 1 is 1.26 bits per heavy atom. The van der Waals surface area contributed by atoms with Crippen LogP contribution in [-0.4, -0.2) is 53.7 Å². The highest BCUT2D eigenvalue weighted by Gasteiger charge is 2.47. The molecule has 34 heavy (non-hydrogen) atoms. The number of hydrogen-bond donors (Lipinski definition) is 2. The fourth-order valence-electron chi connectivity index (χ4n) is 4.37. The Morgan fingerprint density at radius 2 is 1.97 bits per heavy atom. The second kappa shape index (κ2) is 8.00. The average Bonchev–Trinajstić information content (AvgIpc) is 3.18. The molecule has 2 fully saturated rings. The summed E-state index contributed by atoms with van der Waals surface area (Å²) in [5, 5.41) is 19.9. The first kappa shape index (κ1) is 22.7. The number of nitrogens with zero attached hydrogens (tertiary/aromatic N) is 5. The van der Waals surface area contributed by atoms with Crippen molar-refractivity contribution in [2.45, 2.75) is 55.6 Å². The van der Waals surface area contributed by atoms with E-state index in [-0.39, 0.29) is 28.6 Å². The maximum Gasteiger partial charge on any atom is 0.314 e. The first-order valence-electron chi connectivity index (χ1n) is 10.8. The summed E-state index contributed by atoms with van der Waals surface area (Å²) in [7, 11) is -4.05. The summed E-state index contributed by atoms with van der Waals surface area (Å²) in [6.45, 7) is 5.35. The van der Waals surface area contributed by atoms with Crippen LogP contribution in [0.25, 0.3) is 17.1 Å². The second-order valence-corrected chi connectivity index (χ2v) is 10.6. The normalized spacial score (nSPS) is 22.3. The molecule has 3 aromatic heterocycles. The Labute approximate surface area is 194 Å². The van der Waals surface area contributed by atoms with Gasteiger partial charge in [-0.1, -0.05) is 0 Å². The fourth-order valence-corrected chi connectivity index (χ4v) is 5.76. The van der Waals surface area contributed by atoms with E-state index in [1.54, 1.807) is 22.6 Å². The lowest BCUT2D eigenvalue weighted by Crippen LogP contribution is -2.54. The van der Waals surface area contributed by atoms with Crippen LogP contribution in [0.15, 0.2) is 33.7 Å². The first-order chi connectivity index (χ1) is 16.1. The molecular weight excluding hydrogens is 468 g/mol. The van der Waals surface area contributed by atoms with Crippen LogP contribution in [0.4, 0.5) is 14.5 Å². The number of aromatic nitrogens is 3. The highest BCUT2D eigenvalue weighted by molar-refractivity contribution is 7.89. The Hall–Kier alpha value is -3.08. The number of anilines is 1. The largest absolute Gasteiger partial charge is 0.414 e. The fraction of sp³-hybridized carbons (Fsp3) is 0.476. The number of nitrogens with one attached hydrogen (secondary N) is 2. The zero-order valence-electron chi connectivity index (χ0n) is 18.5. The van der Waals surface area contributed by atoms with E-state index < -0.39 is 27.9 Å². The molecule has 1 saturated heterocycles. The van der Waals surface area contributed by atoms with Gasteiger partial charge in [-0.05, 0) is 44.9 Å². The summed E-state index contributed by atoms with van der Waals surface area (Å²) in [5.41, 5.74) is 0.507. The molecule has 2 N–H and O–H groups in total. The number of pyridine rings is 1. The van der Waals surface area contributed by atoms with Crippen LogP contribution in [0.1, 0.15) is 39.0 Å². The van der Waals surface area contributed by atoms with Gasteiger partial charge in [0.2, 0.25) is 10.0 Å². The SMILES string of the molecule is C[C@H]1CN(c2cc(S(=O)(=O)NC3(C#N)CC3)cn3c(-c4nnc(C(F)F)o4)ccc23)C[C@H](C)N1. The van der Waals surface area contributed by atoms with Crippen LogP contribution in [0.5, 0.6) is 0 Å². The van der Waals surface area contributed by atoms with Crippen molar-refractivity contribution in [1.29, 1.82) is 5.26 Å². The van der Waals surface area contributed by atoms with Gasteiger partial charge in [0.05, 0.1) is 17.3 Å². The Bertz CT molecular complexity index is 1380. The molecular formula is C21H23F2N7O3S. The van der Waals surface area contributed by atoms with E-state index >= 15 is 0 Å². The average molecular weight is 492 g/mol. The molecule has 1 aliphatic heterocycles. The monoisotopic (exact) mass is 491 g/mol. The van der Waals surface area contributed by atoms with Crippen molar-refractivity contribution in [3.05, 3.63) is 30.3 Å². The van der Waals surface area contributed by atoms with Gasteiger partial charge < -0.3 is 19.0 Å². The van der Waals surface area contributed by atoms with Gasteiger partial charge in [-0.3, -0.25) is 0 Å². The van der Waals surface area contributed by atoms with Crippen LogP contribution in [0, 0.1) is 11.3 Å². The van der Waals surface area contributed by atoms with Gasteiger partial charge in [-0.2, -0.15) is 18.8 Å². The van der Waals surface area contributed by atoms with Gasteiger partial charge in [0.15, 0.2) is 0 Å². The molecule has 0 bridgehead atoms. The summed E-state index contributed by atoms with van der Waals surface area (Å²) in [6, 6.07) is 7.32. The molecule has 0 unspecified atom stereocenters. The van der Waals surface area contributed by atoms with E-state index in [0.29, 0.717) is 37.1 Å². The maximum absolute atomic E-state index is 13.3. The third-order valence-electron chi connectivity index (χ3n) is 6.06. The molecule has 1 saturated carbocycles. The lowest BCUT2D eigenvalue weighted by molar-refractivity contribution is 0.116. The molecule has 0 radical (unpaired) electrons. The summed E-state index contributed by atoms with van der Waals surface area (Å²) in [4.78, 5) is 2.03. The molecule has 10 nitrogen and oxygen atoms in total. The van der Waals surface area contributed by atoms with Gasteiger partial charge in [-0.15, -0.1) is 10.2 Å². The third kappa shape index (κ3) is 4.02. The van der Waals surface area contributed by atoms with Crippen molar-refractivity contribution in [2.24, 2.45) is 0 Å². The second-order valence-electron chi connectivity index (χ2n) is 8.95. The molecule has 4 heterocycles. The highest BCUT2D eigenvalue weighted by atomic mass is 32.2. The van der Waals surface area contributed by atoms with Gasteiger partial charge in [0.1, 0.15) is 16.1 Å². The quantitative estimate of drug-likeness (QED) is 0.538. The van der Waals surface area contributed by atoms with Crippen molar-refractivity contribution in [2.75, 3.05) is 18.0 Å². The number of rotatable bonds is 6. The summed E-state index contributed by atoms with van der Waals surface area (Å²) < 4.78 is 61.7. The molecule has 0 aromatic carbocycles. The Kier molecular flexibility index (Phi) is 5.34. The number of piperazine rings is 1. The minimum atomic E-state index is -4.05. The van der Waals surface area contributed by atoms with E-state index in [9.17, 15) is 22.5 Å². The van der Waals surface area contributed by atoms with E-state index in [1.165, 1.54) is 6.20 Å². The van der Waals surface area contributed by atoms with E-state index in [2.05, 4.69) is 25.1 Å². The summed E-state index contributed by atoms with van der Waals surface area (Å²) >= 11 is 0. The van der Waals surface area contributed by atoms with E-state index in [0.717, 1.165) is 0 Å². The lowest BCUT2D eigenvalue weighted by atomic mass is 10.1. The van der Waals surface area contributed by atoms with Crippen molar-refractivity contribution < 1.29 is 21.6 Å². The molecule has 5 rings (SSSR count). The van der Waals surface area contributed by atoms with Crippen LogP contribution in [-0.2, 0) is 10.0 Å². The summed E-state index contributed by atoms with van der Waals surface area (Å²) in [6.07, 6.45) is -0.659. The predicted molar refractivity (Wildman–Crippen MR) is 118 cm³/mol. The Balaban J connectivity index is 1.67. The third-order valence-corrected chi connectivity index (χ3v) is 7.57. The van der Waals surface area contributed by atoms with E-state index in [1.807, 2.05) is 19.9 Å². The number of fused-ring (bicyclic) bond motifs is 1. The van der Waals surface area contributed by atoms with Crippen LogP contribution in [0.2, 0.25) is 0 Å². The zero-order valence-corrected chi connectivity index (χ0v) is 19.3. The number of halogens is 2. The Morgan fingerprint density at radius 3 is 2.56 bits per heavy atom. The molecule has 3 aromatic rings. The van der Waals surface area contributed by atoms with Gasteiger partial charge in [-0.25, -0.2) is 8.42 Å². The highest BCUT2D eigenvalue weighted by Crippen LogP contribution is 2.37. The minimum absolute atomic E-state index is 0.0542.